The quantitative estimate of drug-likeness (QED) is 0.382. The summed E-state index contributed by atoms with van der Waals surface area (Å²) in [4.78, 5) is 13.8. The highest BCUT2D eigenvalue weighted by Crippen LogP contribution is 2.32. The van der Waals surface area contributed by atoms with Gasteiger partial charge in [-0.15, -0.1) is 11.8 Å². The Hall–Kier alpha value is -2.86. The van der Waals surface area contributed by atoms with E-state index in [2.05, 4.69) is 51.2 Å². The Morgan fingerprint density at radius 1 is 1.00 bits per heavy atom. The second-order valence-corrected chi connectivity index (χ2v) is 10.0. The van der Waals surface area contributed by atoms with Gasteiger partial charge in [0.1, 0.15) is 17.3 Å². The van der Waals surface area contributed by atoms with Crippen LogP contribution >= 0.6 is 11.8 Å². The topological polar surface area (TPSA) is 60.7 Å². The van der Waals surface area contributed by atoms with Gasteiger partial charge in [0.25, 0.3) is 5.91 Å². The molecule has 3 rings (SSSR count). The first kappa shape index (κ1) is 24.8. The first-order valence-electron chi connectivity index (χ1n) is 11.0. The summed E-state index contributed by atoms with van der Waals surface area (Å²) in [7, 11) is 3.24. The van der Waals surface area contributed by atoms with Crippen molar-refractivity contribution in [2.24, 2.45) is 0 Å². The van der Waals surface area contributed by atoms with E-state index >= 15 is 0 Å². The average molecular weight is 468 g/mol. The number of thioether (sulfide) groups is 1. The van der Waals surface area contributed by atoms with E-state index in [0.29, 0.717) is 24.5 Å². The highest BCUT2D eigenvalue weighted by Gasteiger charge is 2.16. The van der Waals surface area contributed by atoms with E-state index in [1.807, 2.05) is 24.3 Å². The monoisotopic (exact) mass is 467 g/mol. The molecular formula is C27H33NO4S. The van der Waals surface area contributed by atoms with Crippen molar-refractivity contribution in [3.63, 3.8) is 0 Å². The molecule has 33 heavy (non-hydrogen) atoms. The van der Waals surface area contributed by atoms with E-state index in [9.17, 15) is 4.79 Å². The SMILES string of the molecule is COc1cc(CCNC(=O)c2ccc(CSc3cc(C(C)(C)C)ccc3C)o2)cc(OC)c1. The van der Waals surface area contributed by atoms with Crippen molar-refractivity contribution in [1.82, 2.24) is 5.32 Å². The van der Waals surface area contributed by atoms with Gasteiger partial charge in [0, 0.05) is 17.5 Å². The van der Waals surface area contributed by atoms with Gasteiger partial charge in [0.2, 0.25) is 0 Å². The lowest BCUT2D eigenvalue weighted by molar-refractivity contribution is 0.0925. The largest absolute Gasteiger partial charge is 0.497 e. The number of carbonyl (C=O) groups is 1. The molecule has 5 nitrogen and oxygen atoms in total. The van der Waals surface area contributed by atoms with Crippen molar-refractivity contribution in [3.05, 3.63) is 76.7 Å². The molecule has 0 saturated carbocycles. The number of ether oxygens (including phenoxy) is 2. The number of amides is 1. The van der Waals surface area contributed by atoms with Gasteiger partial charge in [-0.25, -0.2) is 0 Å². The minimum Gasteiger partial charge on any atom is -0.497 e. The van der Waals surface area contributed by atoms with E-state index in [4.69, 9.17) is 13.9 Å². The lowest BCUT2D eigenvalue weighted by Gasteiger charge is -2.20. The van der Waals surface area contributed by atoms with Gasteiger partial charge >= 0.3 is 0 Å². The number of nitrogens with one attached hydrogen (secondary N) is 1. The molecule has 3 aromatic rings. The minimum atomic E-state index is -0.216. The molecule has 176 valence electrons. The zero-order valence-corrected chi connectivity index (χ0v) is 21.1. The second-order valence-electron chi connectivity index (χ2n) is 9.01. The van der Waals surface area contributed by atoms with E-state index in [1.165, 1.54) is 16.0 Å². The average Bonchev–Trinajstić information content (AvgIpc) is 3.26. The van der Waals surface area contributed by atoms with Crippen LogP contribution in [-0.2, 0) is 17.6 Å². The van der Waals surface area contributed by atoms with Crippen molar-refractivity contribution in [2.45, 2.75) is 50.2 Å². The third-order valence-corrected chi connectivity index (χ3v) is 6.60. The molecule has 0 bridgehead atoms. The highest BCUT2D eigenvalue weighted by molar-refractivity contribution is 7.98. The zero-order valence-electron chi connectivity index (χ0n) is 20.3. The Kier molecular flexibility index (Phi) is 8.14. The molecule has 0 unspecified atom stereocenters. The second kappa shape index (κ2) is 10.8. The molecule has 0 radical (unpaired) electrons. The summed E-state index contributed by atoms with van der Waals surface area (Å²) < 4.78 is 16.4. The van der Waals surface area contributed by atoms with E-state index in [1.54, 1.807) is 32.0 Å². The van der Waals surface area contributed by atoms with E-state index in [0.717, 1.165) is 22.8 Å². The lowest BCUT2D eigenvalue weighted by atomic mass is 9.87. The van der Waals surface area contributed by atoms with Crippen molar-refractivity contribution in [3.8, 4) is 11.5 Å². The fourth-order valence-corrected chi connectivity index (χ4v) is 4.33. The number of hydrogen-bond acceptors (Lipinski definition) is 5. The molecule has 6 heteroatoms. The molecule has 1 amide bonds. The molecule has 0 aliphatic heterocycles. The number of rotatable bonds is 9. The third-order valence-electron chi connectivity index (χ3n) is 5.42. The van der Waals surface area contributed by atoms with Crippen LogP contribution < -0.4 is 14.8 Å². The summed E-state index contributed by atoms with van der Waals surface area (Å²) in [6, 6.07) is 15.9. The maximum absolute atomic E-state index is 12.5. The van der Waals surface area contributed by atoms with Gasteiger partial charge in [0.15, 0.2) is 5.76 Å². The normalized spacial score (nSPS) is 11.3. The number of carbonyl (C=O) groups excluding carboxylic acids is 1. The Bertz CT molecular complexity index is 1080. The van der Waals surface area contributed by atoms with E-state index < -0.39 is 0 Å². The minimum absolute atomic E-state index is 0.106. The Balaban J connectivity index is 1.55. The summed E-state index contributed by atoms with van der Waals surface area (Å²) in [5.41, 5.74) is 3.68. The smallest absolute Gasteiger partial charge is 0.287 e. The van der Waals surface area contributed by atoms with Crippen molar-refractivity contribution < 1.29 is 18.7 Å². The molecule has 1 N–H and O–H groups in total. The molecule has 0 aliphatic carbocycles. The summed E-state index contributed by atoms with van der Waals surface area (Å²) in [6.45, 7) is 9.25. The molecule has 0 spiro atoms. The van der Waals surface area contributed by atoms with Gasteiger partial charge in [-0.2, -0.15) is 0 Å². The van der Waals surface area contributed by atoms with Gasteiger partial charge < -0.3 is 19.2 Å². The number of benzene rings is 2. The predicted octanol–water partition coefficient (Wildman–Crippen LogP) is 6.17. The van der Waals surface area contributed by atoms with Crippen LogP contribution in [-0.4, -0.2) is 26.7 Å². The standard InChI is InChI=1S/C27H33NO4S/c1-18-7-8-20(27(2,3)4)15-25(18)33-17-21-9-10-24(32-21)26(29)28-12-11-19-13-22(30-5)16-23(14-19)31-6/h7-10,13-16H,11-12,17H2,1-6H3,(H,28,29). The Labute approximate surface area is 200 Å². The number of furan rings is 1. The first-order chi connectivity index (χ1) is 15.7. The Morgan fingerprint density at radius 2 is 1.70 bits per heavy atom. The van der Waals surface area contributed by atoms with Crippen LogP contribution in [0.4, 0.5) is 0 Å². The van der Waals surface area contributed by atoms with Gasteiger partial charge in [0.05, 0.1) is 20.0 Å². The van der Waals surface area contributed by atoms with Gasteiger partial charge in [-0.1, -0.05) is 32.9 Å². The fraction of sp³-hybridized carbons (Fsp3) is 0.370. The van der Waals surface area contributed by atoms with Crippen LogP contribution in [0.25, 0.3) is 0 Å². The maximum atomic E-state index is 12.5. The molecule has 0 aliphatic rings. The van der Waals surface area contributed by atoms with E-state index in [-0.39, 0.29) is 11.3 Å². The fourth-order valence-electron chi connectivity index (χ4n) is 3.37. The first-order valence-corrected chi connectivity index (χ1v) is 12.0. The Morgan fingerprint density at radius 3 is 2.33 bits per heavy atom. The lowest BCUT2D eigenvalue weighted by Crippen LogP contribution is -2.25. The highest BCUT2D eigenvalue weighted by atomic mass is 32.2. The molecular weight excluding hydrogens is 434 g/mol. The van der Waals surface area contributed by atoms with Crippen LogP contribution in [0.1, 0.15) is 53.8 Å². The molecule has 0 fully saturated rings. The molecule has 1 heterocycles. The van der Waals surface area contributed by atoms with Gasteiger partial charge in [-0.05, 0) is 65.8 Å². The molecule has 0 saturated heterocycles. The summed E-state index contributed by atoms with van der Waals surface area (Å²) in [6.07, 6.45) is 0.659. The van der Waals surface area contributed by atoms with Crippen LogP contribution in [0, 0.1) is 6.92 Å². The van der Waals surface area contributed by atoms with Crippen molar-refractivity contribution in [1.29, 1.82) is 0 Å². The number of hydrogen-bond donors (Lipinski definition) is 1. The summed E-state index contributed by atoms with van der Waals surface area (Å²) in [5.74, 6) is 3.02. The van der Waals surface area contributed by atoms with Crippen LogP contribution in [0.15, 0.2) is 57.8 Å². The molecule has 2 aromatic carbocycles. The third kappa shape index (κ3) is 6.81. The number of methoxy groups -OCH3 is 2. The van der Waals surface area contributed by atoms with Crippen LogP contribution in [0.5, 0.6) is 11.5 Å². The summed E-state index contributed by atoms with van der Waals surface area (Å²) in [5, 5.41) is 2.92. The summed E-state index contributed by atoms with van der Waals surface area (Å²) >= 11 is 1.73. The van der Waals surface area contributed by atoms with Crippen molar-refractivity contribution >= 4 is 17.7 Å². The molecule has 0 atom stereocenters. The molecule has 1 aromatic heterocycles. The van der Waals surface area contributed by atoms with Crippen molar-refractivity contribution in [2.75, 3.05) is 20.8 Å². The van der Waals surface area contributed by atoms with Crippen LogP contribution in [0.3, 0.4) is 0 Å². The number of aryl methyl sites for hydroxylation is 1. The predicted molar refractivity (Wildman–Crippen MR) is 134 cm³/mol. The maximum Gasteiger partial charge on any atom is 0.287 e. The zero-order chi connectivity index (χ0) is 24.0. The van der Waals surface area contributed by atoms with Gasteiger partial charge in [-0.3, -0.25) is 4.79 Å². The van der Waals surface area contributed by atoms with Crippen LogP contribution in [0.2, 0.25) is 0 Å².